The molecule has 1 fully saturated rings. The minimum atomic E-state index is 0.410. The molecule has 0 radical (unpaired) electrons. The lowest BCUT2D eigenvalue weighted by Gasteiger charge is -2.19. The van der Waals surface area contributed by atoms with E-state index in [0.717, 1.165) is 21.8 Å². The molecular formula is C10H11N3S3. The van der Waals surface area contributed by atoms with Gasteiger partial charge in [-0.2, -0.15) is 11.8 Å². The van der Waals surface area contributed by atoms with E-state index in [2.05, 4.69) is 9.97 Å². The molecule has 0 aliphatic carbocycles. The fraction of sp³-hybridized carbons (Fsp3) is 0.400. The van der Waals surface area contributed by atoms with Crippen LogP contribution in [0.5, 0.6) is 0 Å². The SMILES string of the molecule is Nc1nc(C2CSCCS2)nc2sccc12. The number of hydrogen-bond acceptors (Lipinski definition) is 6. The molecule has 1 unspecified atom stereocenters. The Morgan fingerprint density at radius 1 is 1.31 bits per heavy atom. The number of nitrogen functional groups attached to an aromatic ring is 1. The van der Waals surface area contributed by atoms with Crippen molar-refractivity contribution in [3.8, 4) is 0 Å². The first-order valence-corrected chi connectivity index (χ1v) is 8.13. The lowest BCUT2D eigenvalue weighted by Crippen LogP contribution is -2.11. The Morgan fingerprint density at radius 3 is 3.06 bits per heavy atom. The highest BCUT2D eigenvalue weighted by Gasteiger charge is 2.20. The number of thioether (sulfide) groups is 2. The van der Waals surface area contributed by atoms with Crippen LogP contribution >= 0.6 is 34.9 Å². The Morgan fingerprint density at radius 2 is 2.25 bits per heavy atom. The van der Waals surface area contributed by atoms with Gasteiger partial charge >= 0.3 is 0 Å². The minimum Gasteiger partial charge on any atom is -0.383 e. The maximum Gasteiger partial charge on any atom is 0.146 e. The molecule has 1 atom stereocenters. The van der Waals surface area contributed by atoms with Gasteiger partial charge in [0.05, 0.1) is 10.6 Å². The average Bonchev–Trinajstić information content (AvgIpc) is 2.79. The fourth-order valence-electron chi connectivity index (χ4n) is 1.68. The lowest BCUT2D eigenvalue weighted by atomic mass is 10.3. The summed E-state index contributed by atoms with van der Waals surface area (Å²) >= 11 is 5.54. The number of nitrogens with zero attached hydrogens (tertiary/aromatic N) is 2. The molecule has 0 amide bonds. The largest absolute Gasteiger partial charge is 0.383 e. The van der Waals surface area contributed by atoms with Gasteiger partial charge in [0.2, 0.25) is 0 Å². The maximum atomic E-state index is 5.95. The zero-order valence-corrected chi connectivity index (χ0v) is 11.0. The normalized spacial score (nSPS) is 21.4. The summed E-state index contributed by atoms with van der Waals surface area (Å²) in [6.45, 7) is 0. The van der Waals surface area contributed by atoms with Gasteiger partial charge in [0, 0.05) is 17.3 Å². The number of nitrogens with two attached hydrogens (primary N) is 1. The monoisotopic (exact) mass is 269 g/mol. The van der Waals surface area contributed by atoms with Crippen LogP contribution in [0.4, 0.5) is 5.82 Å². The van der Waals surface area contributed by atoms with Gasteiger partial charge in [0.15, 0.2) is 0 Å². The molecule has 0 bridgehead atoms. The molecule has 1 saturated heterocycles. The summed E-state index contributed by atoms with van der Waals surface area (Å²) in [7, 11) is 0. The standard InChI is InChI=1S/C10H11N3S3/c11-8-6-1-2-16-10(6)13-9(12-8)7-5-14-3-4-15-7/h1-2,7H,3-5H2,(H2,11,12,13). The Bertz CT molecular complexity index is 505. The summed E-state index contributed by atoms with van der Waals surface area (Å²) in [6.07, 6.45) is 0. The van der Waals surface area contributed by atoms with E-state index in [1.807, 2.05) is 35.0 Å². The second kappa shape index (κ2) is 4.43. The summed E-state index contributed by atoms with van der Waals surface area (Å²) in [4.78, 5) is 10.1. The van der Waals surface area contributed by atoms with Crippen molar-refractivity contribution in [3.63, 3.8) is 0 Å². The van der Waals surface area contributed by atoms with E-state index < -0.39 is 0 Å². The molecule has 0 aromatic carbocycles. The van der Waals surface area contributed by atoms with Crippen LogP contribution in [0.2, 0.25) is 0 Å². The van der Waals surface area contributed by atoms with Crippen LogP contribution in [0.3, 0.4) is 0 Å². The molecule has 3 nitrogen and oxygen atoms in total. The van der Waals surface area contributed by atoms with Gasteiger partial charge in [-0.15, -0.1) is 23.1 Å². The fourth-order valence-corrected chi connectivity index (χ4v) is 5.05. The van der Waals surface area contributed by atoms with Crippen LogP contribution in [-0.4, -0.2) is 27.2 Å². The molecule has 3 heterocycles. The molecule has 0 saturated carbocycles. The number of aromatic nitrogens is 2. The third kappa shape index (κ3) is 1.89. The van der Waals surface area contributed by atoms with Gasteiger partial charge in [-0.05, 0) is 11.4 Å². The summed E-state index contributed by atoms with van der Waals surface area (Å²) in [5.41, 5.74) is 5.95. The van der Waals surface area contributed by atoms with Crippen molar-refractivity contribution in [1.82, 2.24) is 9.97 Å². The van der Waals surface area contributed by atoms with Crippen LogP contribution in [0.25, 0.3) is 10.2 Å². The van der Waals surface area contributed by atoms with E-state index in [9.17, 15) is 0 Å². The van der Waals surface area contributed by atoms with Gasteiger partial charge in [-0.25, -0.2) is 9.97 Å². The van der Waals surface area contributed by atoms with Crippen molar-refractivity contribution >= 4 is 50.9 Å². The minimum absolute atomic E-state index is 0.410. The zero-order chi connectivity index (χ0) is 11.0. The highest BCUT2D eigenvalue weighted by atomic mass is 32.2. The van der Waals surface area contributed by atoms with Crippen molar-refractivity contribution < 1.29 is 0 Å². The quantitative estimate of drug-likeness (QED) is 0.862. The third-order valence-electron chi connectivity index (χ3n) is 2.48. The van der Waals surface area contributed by atoms with E-state index in [4.69, 9.17) is 5.73 Å². The van der Waals surface area contributed by atoms with Crippen molar-refractivity contribution in [2.24, 2.45) is 0 Å². The van der Waals surface area contributed by atoms with Gasteiger partial charge in [-0.1, -0.05) is 0 Å². The van der Waals surface area contributed by atoms with E-state index in [1.165, 1.54) is 11.5 Å². The molecule has 3 rings (SSSR count). The molecule has 0 spiro atoms. The Kier molecular flexibility index (Phi) is 2.95. The van der Waals surface area contributed by atoms with Crippen molar-refractivity contribution in [2.45, 2.75) is 5.25 Å². The number of hydrogen-bond donors (Lipinski definition) is 1. The second-order valence-corrected chi connectivity index (χ2v) is 6.90. The van der Waals surface area contributed by atoms with Gasteiger partial charge in [0.1, 0.15) is 16.5 Å². The molecule has 6 heteroatoms. The lowest BCUT2D eigenvalue weighted by molar-refractivity contribution is 0.950. The van der Waals surface area contributed by atoms with Crippen molar-refractivity contribution in [2.75, 3.05) is 23.0 Å². The Balaban J connectivity index is 2.02. The first-order chi connectivity index (χ1) is 7.84. The molecule has 16 heavy (non-hydrogen) atoms. The summed E-state index contributed by atoms with van der Waals surface area (Å²) in [6, 6.07) is 1.99. The molecular weight excluding hydrogens is 258 g/mol. The second-order valence-electron chi connectivity index (χ2n) is 3.54. The highest BCUT2D eigenvalue weighted by molar-refractivity contribution is 8.06. The summed E-state index contributed by atoms with van der Waals surface area (Å²) in [5.74, 6) is 5.04. The van der Waals surface area contributed by atoms with Crippen LogP contribution in [0.1, 0.15) is 11.1 Å². The number of anilines is 1. The number of thiophene rings is 1. The smallest absolute Gasteiger partial charge is 0.146 e. The molecule has 84 valence electrons. The van der Waals surface area contributed by atoms with E-state index in [-0.39, 0.29) is 0 Å². The average molecular weight is 269 g/mol. The number of rotatable bonds is 1. The predicted molar refractivity (Wildman–Crippen MR) is 74.4 cm³/mol. The maximum absolute atomic E-state index is 5.95. The van der Waals surface area contributed by atoms with E-state index in [0.29, 0.717) is 11.1 Å². The number of fused-ring (bicyclic) bond motifs is 1. The summed E-state index contributed by atoms with van der Waals surface area (Å²) in [5, 5.41) is 3.41. The Hall–Kier alpha value is -0.460. The van der Waals surface area contributed by atoms with Crippen LogP contribution in [0, 0.1) is 0 Å². The first kappa shape index (κ1) is 10.7. The van der Waals surface area contributed by atoms with Crippen LogP contribution in [-0.2, 0) is 0 Å². The highest BCUT2D eigenvalue weighted by Crippen LogP contribution is 2.36. The first-order valence-electron chi connectivity index (χ1n) is 5.04. The van der Waals surface area contributed by atoms with E-state index in [1.54, 1.807) is 11.3 Å². The predicted octanol–water partition coefficient (Wildman–Crippen LogP) is 2.79. The summed E-state index contributed by atoms with van der Waals surface area (Å²) < 4.78 is 0. The van der Waals surface area contributed by atoms with E-state index >= 15 is 0 Å². The third-order valence-corrected chi connectivity index (χ3v) is 6.03. The van der Waals surface area contributed by atoms with Gasteiger partial charge < -0.3 is 5.73 Å². The van der Waals surface area contributed by atoms with Gasteiger partial charge in [-0.3, -0.25) is 0 Å². The molecule has 2 N–H and O–H groups in total. The molecule has 1 aliphatic rings. The Labute approximate surface area is 106 Å². The van der Waals surface area contributed by atoms with Gasteiger partial charge in [0.25, 0.3) is 0 Å². The van der Waals surface area contributed by atoms with Crippen molar-refractivity contribution in [3.05, 3.63) is 17.3 Å². The van der Waals surface area contributed by atoms with Crippen LogP contribution < -0.4 is 5.73 Å². The molecule has 2 aromatic heterocycles. The molecule has 2 aromatic rings. The van der Waals surface area contributed by atoms with Crippen molar-refractivity contribution in [1.29, 1.82) is 0 Å². The van der Waals surface area contributed by atoms with Crippen LogP contribution in [0.15, 0.2) is 11.4 Å². The topological polar surface area (TPSA) is 51.8 Å². The zero-order valence-electron chi connectivity index (χ0n) is 8.55. The molecule has 1 aliphatic heterocycles.